The smallest absolute Gasteiger partial charge is 0.328 e. The van der Waals surface area contributed by atoms with Crippen LogP contribution < -0.4 is 5.32 Å². The standard InChI is InChI=1S/C18H17Cl2NO3/c1-24-18(23)16(11-13-14(19)8-5-9-15(13)20)21-17(22)10-12-6-3-2-4-7-12/h2-9,16H,10-11H2,1H3,(H,21,22)/t16-/m0/s1. The molecule has 0 aromatic heterocycles. The molecule has 0 unspecified atom stereocenters. The van der Waals surface area contributed by atoms with Crippen LogP contribution in [0.25, 0.3) is 0 Å². The SMILES string of the molecule is COC(=O)[C@H](Cc1c(Cl)cccc1Cl)NC(=O)Cc1ccccc1. The van der Waals surface area contributed by atoms with E-state index in [1.807, 2.05) is 30.3 Å². The van der Waals surface area contributed by atoms with Crippen molar-refractivity contribution in [3.63, 3.8) is 0 Å². The summed E-state index contributed by atoms with van der Waals surface area (Å²) < 4.78 is 4.78. The lowest BCUT2D eigenvalue weighted by Crippen LogP contribution is -2.43. The summed E-state index contributed by atoms with van der Waals surface area (Å²) >= 11 is 12.3. The monoisotopic (exact) mass is 365 g/mol. The number of methoxy groups -OCH3 is 1. The number of halogens is 2. The summed E-state index contributed by atoms with van der Waals surface area (Å²) in [7, 11) is 1.27. The van der Waals surface area contributed by atoms with Gasteiger partial charge in [-0.2, -0.15) is 0 Å². The molecule has 0 radical (unpaired) electrons. The topological polar surface area (TPSA) is 55.4 Å². The molecule has 2 aromatic carbocycles. The molecule has 2 rings (SSSR count). The molecule has 6 heteroatoms. The number of ether oxygens (including phenoxy) is 1. The van der Waals surface area contributed by atoms with Crippen LogP contribution in [0.4, 0.5) is 0 Å². The maximum absolute atomic E-state index is 12.2. The molecule has 0 aliphatic heterocycles. The van der Waals surface area contributed by atoms with Gasteiger partial charge in [-0.3, -0.25) is 4.79 Å². The summed E-state index contributed by atoms with van der Waals surface area (Å²) in [4.78, 5) is 24.2. The van der Waals surface area contributed by atoms with Gasteiger partial charge in [0.15, 0.2) is 0 Å². The number of hydrogen-bond acceptors (Lipinski definition) is 3. The van der Waals surface area contributed by atoms with Crippen molar-refractivity contribution in [1.29, 1.82) is 0 Å². The van der Waals surface area contributed by atoms with Gasteiger partial charge in [0.05, 0.1) is 13.5 Å². The fraction of sp³-hybridized carbons (Fsp3) is 0.222. The first-order chi connectivity index (χ1) is 11.5. The fourth-order valence-electron chi connectivity index (χ4n) is 2.29. The molecule has 0 aliphatic rings. The van der Waals surface area contributed by atoms with Gasteiger partial charge in [0.1, 0.15) is 6.04 Å². The molecule has 0 aliphatic carbocycles. The lowest BCUT2D eigenvalue weighted by molar-refractivity contribution is -0.145. The van der Waals surface area contributed by atoms with Crippen LogP contribution in [0.5, 0.6) is 0 Å². The van der Waals surface area contributed by atoms with E-state index in [1.54, 1.807) is 18.2 Å². The Morgan fingerprint density at radius 2 is 1.67 bits per heavy atom. The number of amides is 1. The number of hydrogen-bond donors (Lipinski definition) is 1. The van der Waals surface area contributed by atoms with Crippen LogP contribution in [-0.4, -0.2) is 25.0 Å². The van der Waals surface area contributed by atoms with Crippen molar-refractivity contribution >= 4 is 35.1 Å². The zero-order valence-electron chi connectivity index (χ0n) is 13.1. The Kier molecular flexibility index (Phi) is 6.64. The van der Waals surface area contributed by atoms with Crippen LogP contribution >= 0.6 is 23.2 Å². The minimum atomic E-state index is -0.858. The van der Waals surface area contributed by atoms with E-state index in [9.17, 15) is 9.59 Å². The van der Waals surface area contributed by atoms with E-state index < -0.39 is 12.0 Å². The summed E-state index contributed by atoms with van der Waals surface area (Å²) in [6, 6.07) is 13.5. The number of carbonyl (C=O) groups excluding carboxylic acids is 2. The van der Waals surface area contributed by atoms with Gasteiger partial charge in [-0.1, -0.05) is 59.6 Å². The van der Waals surface area contributed by atoms with Crippen molar-refractivity contribution in [2.75, 3.05) is 7.11 Å². The number of rotatable bonds is 6. The van der Waals surface area contributed by atoms with Gasteiger partial charge in [-0.25, -0.2) is 4.79 Å². The Hall–Kier alpha value is -2.04. The van der Waals surface area contributed by atoms with E-state index in [1.165, 1.54) is 7.11 Å². The van der Waals surface area contributed by atoms with Gasteiger partial charge >= 0.3 is 5.97 Å². The van der Waals surface area contributed by atoms with Crippen LogP contribution in [0.2, 0.25) is 10.0 Å². The Bertz CT molecular complexity index is 699. The minimum absolute atomic E-state index is 0.158. The van der Waals surface area contributed by atoms with E-state index in [0.29, 0.717) is 15.6 Å². The van der Waals surface area contributed by atoms with Crippen molar-refractivity contribution in [3.05, 3.63) is 69.7 Å². The van der Waals surface area contributed by atoms with E-state index >= 15 is 0 Å². The molecule has 0 heterocycles. The predicted octanol–water partition coefficient (Wildman–Crippen LogP) is 3.44. The molecule has 0 saturated carbocycles. The second kappa shape index (κ2) is 8.71. The first-order valence-electron chi connectivity index (χ1n) is 7.35. The maximum atomic E-state index is 12.2. The third kappa shape index (κ3) is 4.98. The van der Waals surface area contributed by atoms with E-state index in [4.69, 9.17) is 27.9 Å². The molecule has 0 spiro atoms. The van der Waals surface area contributed by atoms with Crippen LogP contribution in [-0.2, 0) is 27.2 Å². The molecule has 126 valence electrons. The number of esters is 1. The lowest BCUT2D eigenvalue weighted by atomic mass is 10.0. The van der Waals surface area contributed by atoms with Gasteiger partial charge in [0, 0.05) is 16.5 Å². The van der Waals surface area contributed by atoms with Crippen molar-refractivity contribution in [3.8, 4) is 0 Å². The average molecular weight is 366 g/mol. The number of nitrogens with one attached hydrogen (secondary N) is 1. The summed E-state index contributed by atoms with van der Waals surface area (Å²) in [5, 5.41) is 3.57. The maximum Gasteiger partial charge on any atom is 0.328 e. The summed E-state index contributed by atoms with van der Waals surface area (Å²) in [6.07, 6.45) is 0.330. The molecule has 4 nitrogen and oxygen atoms in total. The first kappa shape index (κ1) is 18.3. The molecule has 0 bridgehead atoms. The third-order valence-electron chi connectivity index (χ3n) is 3.50. The van der Waals surface area contributed by atoms with Crippen molar-refractivity contribution in [2.45, 2.75) is 18.9 Å². The molecule has 2 aromatic rings. The first-order valence-corrected chi connectivity index (χ1v) is 8.11. The molecule has 0 saturated heterocycles. The van der Waals surface area contributed by atoms with Gasteiger partial charge in [-0.05, 0) is 23.3 Å². The molecule has 1 amide bonds. The van der Waals surface area contributed by atoms with E-state index in [2.05, 4.69) is 5.32 Å². The number of benzene rings is 2. The van der Waals surface area contributed by atoms with Gasteiger partial charge in [0.25, 0.3) is 0 Å². The van der Waals surface area contributed by atoms with Gasteiger partial charge in [-0.15, -0.1) is 0 Å². The van der Waals surface area contributed by atoms with Gasteiger partial charge in [0.2, 0.25) is 5.91 Å². The molecule has 0 fully saturated rings. The molecule has 1 atom stereocenters. The highest BCUT2D eigenvalue weighted by Gasteiger charge is 2.24. The van der Waals surface area contributed by atoms with Crippen LogP contribution in [0.3, 0.4) is 0 Å². The minimum Gasteiger partial charge on any atom is -0.467 e. The normalized spacial score (nSPS) is 11.6. The van der Waals surface area contributed by atoms with E-state index in [0.717, 1.165) is 5.56 Å². The third-order valence-corrected chi connectivity index (χ3v) is 4.21. The molecular weight excluding hydrogens is 349 g/mol. The largest absolute Gasteiger partial charge is 0.467 e. The zero-order chi connectivity index (χ0) is 17.5. The Morgan fingerprint density at radius 3 is 2.25 bits per heavy atom. The van der Waals surface area contributed by atoms with Crippen molar-refractivity contribution < 1.29 is 14.3 Å². The molecular formula is C18H17Cl2NO3. The van der Waals surface area contributed by atoms with Gasteiger partial charge < -0.3 is 10.1 Å². The fourth-order valence-corrected chi connectivity index (χ4v) is 2.85. The van der Waals surface area contributed by atoms with Crippen molar-refractivity contribution in [2.24, 2.45) is 0 Å². The summed E-state index contributed by atoms with van der Waals surface area (Å²) in [6.45, 7) is 0. The Labute approximate surface area is 150 Å². The summed E-state index contributed by atoms with van der Waals surface area (Å²) in [5.41, 5.74) is 1.45. The lowest BCUT2D eigenvalue weighted by Gasteiger charge is -2.18. The van der Waals surface area contributed by atoms with Crippen LogP contribution in [0.1, 0.15) is 11.1 Å². The molecule has 1 N–H and O–H groups in total. The highest BCUT2D eigenvalue weighted by Crippen LogP contribution is 2.25. The Balaban J connectivity index is 2.11. The Morgan fingerprint density at radius 1 is 1.04 bits per heavy atom. The zero-order valence-corrected chi connectivity index (χ0v) is 14.6. The molecule has 24 heavy (non-hydrogen) atoms. The predicted molar refractivity (Wildman–Crippen MR) is 94.3 cm³/mol. The quantitative estimate of drug-likeness (QED) is 0.797. The highest BCUT2D eigenvalue weighted by atomic mass is 35.5. The van der Waals surface area contributed by atoms with Crippen LogP contribution in [0.15, 0.2) is 48.5 Å². The number of carbonyl (C=O) groups is 2. The second-order valence-electron chi connectivity index (χ2n) is 5.21. The van der Waals surface area contributed by atoms with E-state index in [-0.39, 0.29) is 18.7 Å². The highest BCUT2D eigenvalue weighted by molar-refractivity contribution is 6.36. The van der Waals surface area contributed by atoms with Crippen molar-refractivity contribution in [1.82, 2.24) is 5.32 Å². The second-order valence-corrected chi connectivity index (χ2v) is 6.02. The van der Waals surface area contributed by atoms with Crippen LogP contribution in [0, 0.1) is 0 Å². The average Bonchev–Trinajstić information content (AvgIpc) is 2.57. The summed E-state index contributed by atoms with van der Waals surface area (Å²) in [5.74, 6) is -0.827.